The zero-order valence-electron chi connectivity index (χ0n) is 12.7. The molecule has 0 spiro atoms. The molecule has 1 amide bonds. The van der Waals surface area contributed by atoms with Crippen LogP contribution in [0.15, 0.2) is 12.4 Å². The van der Waals surface area contributed by atoms with Crippen LogP contribution in [0.1, 0.15) is 16.9 Å². The van der Waals surface area contributed by atoms with Crippen LogP contribution < -0.4 is 10.2 Å². The van der Waals surface area contributed by atoms with E-state index in [1.165, 1.54) is 6.33 Å². The number of hydrogen-bond acceptors (Lipinski definition) is 6. The molecule has 1 aromatic rings. The quantitative estimate of drug-likeness (QED) is 0.744. The lowest BCUT2D eigenvalue weighted by Gasteiger charge is -2.33. The van der Waals surface area contributed by atoms with Gasteiger partial charge in [0.05, 0.1) is 0 Å². The summed E-state index contributed by atoms with van der Waals surface area (Å²) in [5, 5.41) is 2.83. The van der Waals surface area contributed by atoms with Gasteiger partial charge in [-0.25, -0.2) is 9.97 Å². The molecular weight excluding hydrogens is 270 g/mol. The lowest BCUT2D eigenvalue weighted by Crippen LogP contribution is -2.45. The molecule has 1 saturated heterocycles. The largest absolute Gasteiger partial charge is 0.385 e. The topological polar surface area (TPSA) is 70.6 Å². The van der Waals surface area contributed by atoms with Crippen molar-refractivity contribution < 1.29 is 9.53 Å². The fourth-order valence-corrected chi connectivity index (χ4v) is 2.19. The van der Waals surface area contributed by atoms with E-state index in [1.54, 1.807) is 13.2 Å². The van der Waals surface area contributed by atoms with E-state index in [9.17, 15) is 4.79 Å². The van der Waals surface area contributed by atoms with Crippen molar-refractivity contribution >= 4 is 11.7 Å². The smallest absolute Gasteiger partial charge is 0.270 e. The summed E-state index contributed by atoms with van der Waals surface area (Å²) in [5.41, 5.74) is 0.413. The summed E-state index contributed by atoms with van der Waals surface area (Å²) in [6, 6.07) is 1.76. The molecule has 2 heterocycles. The number of carbonyl (C=O) groups excluding carboxylic acids is 1. The summed E-state index contributed by atoms with van der Waals surface area (Å²) in [4.78, 5) is 24.8. The average Bonchev–Trinajstić information content (AvgIpc) is 2.52. The number of anilines is 1. The minimum atomic E-state index is -0.163. The van der Waals surface area contributed by atoms with Gasteiger partial charge in [0.1, 0.15) is 17.8 Å². The fourth-order valence-electron chi connectivity index (χ4n) is 2.19. The first kappa shape index (κ1) is 15.7. The Hall–Kier alpha value is -1.73. The van der Waals surface area contributed by atoms with Gasteiger partial charge >= 0.3 is 0 Å². The Labute approximate surface area is 125 Å². The average molecular weight is 293 g/mol. The Kier molecular flexibility index (Phi) is 5.89. The Morgan fingerprint density at radius 2 is 2.10 bits per heavy atom. The number of likely N-dealkylation sites (N-methyl/N-ethyl adjacent to an activating group) is 1. The van der Waals surface area contributed by atoms with Crippen molar-refractivity contribution in [3.63, 3.8) is 0 Å². The van der Waals surface area contributed by atoms with Crippen LogP contribution in [0, 0.1) is 0 Å². The molecule has 0 aliphatic carbocycles. The monoisotopic (exact) mass is 293 g/mol. The maximum absolute atomic E-state index is 12.0. The van der Waals surface area contributed by atoms with Gasteiger partial charge in [0, 0.05) is 52.5 Å². The summed E-state index contributed by atoms with van der Waals surface area (Å²) < 4.78 is 4.95. The number of nitrogens with zero attached hydrogens (tertiary/aromatic N) is 4. The van der Waals surface area contributed by atoms with Gasteiger partial charge in [0.2, 0.25) is 0 Å². The molecule has 2 rings (SSSR count). The van der Waals surface area contributed by atoms with Crippen molar-refractivity contribution in [2.45, 2.75) is 6.42 Å². The van der Waals surface area contributed by atoms with Crippen LogP contribution in [-0.4, -0.2) is 74.3 Å². The van der Waals surface area contributed by atoms with E-state index < -0.39 is 0 Å². The molecule has 0 bridgehead atoms. The number of rotatable bonds is 6. The van der Waals surface area contributed by atoms with Crippen molar-refractivity contribution in [3.05, 3.63) is 18.1 Å². The van der Waals surface area contributed by atoms with Crippen LogP contribution in [0.5, 0.6) is 0 Å². The van der Waals surface area contributed by atoms with Crippen LogP contribution in [0.3, 0.4) is 0 Å². The molecule has 1 aliphatic rings. The number of methoxy groups -OCH3 is 1. The number of nitrogens with one attached hydrogen (secondary N) is 1. The Bertz CT molecular complexity index is 460. The van der Waals surface area contributed by atoms with Crippen molar-refractivity contribution in [3.8, 4) is 0 Å². The molecule has 0 radical (unpaired) electrons. The first-order chi connectivity index (χ1) is 10.2. The van der Waals surface area contributed by atoms with Gasteiger partial charge in [-0.3, -0.25) is 4.79 Å². The van der Waals surface area contributed by atoms with Gasteiger partial charge in [0.25, 0.3) is 5.91 Å². The van der Waals surface area contributed by atoms with Gasteiger partial charge < -0.3 is 19.9 Å². The zero-order valence-corrected chi connectivity index (χ0v) is 12.7. The van der Waals surface area contributed by atoms with Gasteiger partial charge in [0.15, 0.2) is 0 Å². The molecular formula is C14H23N5O2. The molecule has 1 aliphatic heterocycles. The van der Waals surface area contributed by atoms with Crippen molar-refractivity contribution in [2.75, 3.05) is 58.4 Å². The third-order valence-corrected chi connectivity index (χ3v) is 3.52. The molecule has 1 aromatic heterocycles. The predicted molar refractivity (Wildman–Crippen MR) is 80.6 cm³/mol. The minimum Gasteiger partial charge on any atom is -0.385 e. The number of amides is 1. The molecule has 7 nitrogen and oxygen atoms in total. The second kappa shape index (κ2) is 7.90. The van der Waals surface area contributed by atoms with E-state index in [-0.39, 0.29) is 5.91 Å². The van der Waals surface area contributed by atoms with E-state index >= 15 is 0 Å². The first-order valence-electron chi connectivity index (χ1n) is 7.23. The molecule has 0 saturated carbocycles. The summed E-state index contributed by atoms with van der Waals surface area (Å²) in [6.45, 7) is 5.06. The first-order valence-corrected chi connectivity index (χ1v) is 7.23. The summed E-state index contributed by atoms with van der Waals surface area (Å²) in [6.07, 6.45) is 2.25. The van der Waals surface area contributed by atoms with Crippen LogP contribution in [0.4, 0.5) is 5.82 Å². The number of hydrogen-bond donors (Lipinski definition) is 1. The molecule has 7 heteroatoms. The van der Waals surface area contributed by atoms with Gasteiger partial charge in [-0.1, -0.05) is 0 Å². The van der Waals surface area contributed by atoms with Crippen molar-refractivity contribution in [1.82, 2.24) is 20.2 Å². The third kappa shape index (κ3) is 4.64. The van der Waals surface area contributed by atoms with Gasteiger partial charge in [-0.05, 0) is 13.5 Å². The van der Waals surface area contributed by atoms with E-state index in [2.05, 4.69) is 32.1 Å². The second-order valence-electron chi connectivity index (χ2n) is 5.15. The van der Waals surface area contributed by atoms with Gasteiger partial charge in [-0.2, -0.15) is 0 Å². The number of aromatic nitrogens is 2. The molecule has 21 heavy (non-hydrogen) atoms. The summed E-state index contributed by atoms with van der Waals surface area (Å²) in [5.74, 6) is 0.657. The van der Waals surface area contributed by atoms with Crippen LogP contribution in [0.2, 0.25) is 0 Å². The predicted octanol–water partition coefficient (Wildman–Crippen LogP) is -0.00530. The fraction of sp³-hybridized carbons (Fsp3) is 0.643. The van der Waals surface area contributed by atoms with E-state index in [0.29, 0.717) is 18.8 Å². The maximum Gasteiger partial charge on any atom is 0.270 e. The Morgan fingerprint density at radius 1 is 1.33 bits per heavy atom. The maximum atomic E-state index is 12.0. The van der Waals surface area contributed by atoms with Crippen LogP contribution in [-0.2, 0) is 4.74 Å². The highest BCUT2D eigenvalue weighted by molar-refractivity contribution is 5.92. The molecule has 0 atom stereocenters. The molecule has 1 fully saturated rings. The number of carbonyl (C=O) groups is 1. The minimum absolute atomic E-state index is 0.163. The summed E-state index contributed by atoms with van der Waals surface area (Å²) in [7, 11) is 3.75. The van der Waals surface area contributed by atoms with Crippen LogP contribution >= 0.6 is 0 Å². The summed E-state index contributed by atoms with van der Waals surface area (Å²) >= 11 is 0. The Morgan fingerprint density at radius 3 is 2.81 bits per heavy atom. The van der Waals surface area contributed by atoms with Crippen molar-refractivity contribution in [2.24, 2.45) is 0 Å². The standard InChI is InChI=1S/C14H23N5O2/c1-18-5-7-19(8-6-18)13-10-12(16-11-17-13)14(20)15-4-3-9-21-2/h10-11H,3-9H2,1-2H3,(H,15,20). The van der Waals surface area contributed by atoms with Crippen LogP contribution in [0.25, 0.3) is 0 Å². The Balaban J connectivity index is 1.92. The second-order valence-corrected chi connectivity index (χ2v) is 5.15. The number of ether oxygens (including phenoxy) is 1. The number of piperazine rings is 1. The van der Waals surface area contributed by atoms with Crippen molar-refractivity contribution in [1.29, 1.82) is 0 Å². The molecule has 0 aromatic carbocycles. The highest BCUT2D eigenvalue weighted by Gasteiger charge is 2.17. The molecule has 0 unspecified atom stereocenters. The highest BCUT2D eigenvalue weighted by atomic mass is 16.5. The SMILES string of the molecule is COCCCNC(=O)c1cc(N2CCN(C)CC2)ncn1. The lowest BCUT2D eigenvalue weighted by molar-refractivity contribution is 0.0943. The van der Waals surface area contributed by atoms with E-state index in [0.717, 1.165) is 38.4 Å². The van der Waals surface area contributed by atoms with Gasteiger partial charge in [-0.15, -0.1) is 0 Å². The van der Waals surface area contributed by atoms with E-state index in [1.807, 2.05) is 0 Å². The lowest BCUT2D eigenvalue weighted by atomic mass is 10.3. The molecule has 116 valence electrons. The zero-order chi connectivity index (χ0) is 15.1. The normalized spacial score (nSPS) is 16.0. The van der Waals surface area contributed by atoms with E-state index in [4.69, 9.17) is 4.74 Å². The third-order valence-electron chi connectivity index (χ3n) is 3.52. The molecule has 1 N–H and O–H groups in total. The highest BCUT2D eigenvalue weighted by Crippen LogP contribution is 2.13.